The quantitative estimate of drug-likeness (QED) is 0.0261. The second-order valence-electron chi connectivity index (χ2n) is 23.8. The third-order valence-corrected chi connectivity index (χ3v) is 15.6. The van der Waals surface area contributed by atoms with E-state index in [0.717, 1.165) is 96.3 Å². The lowest BCUT2D eigenvalue weighted by Gasteiger charge is -2.18. The molecule has 6 heteroatoms. The molecule has 0 aliphatic carbocycles. The first-order chi connectivity index (χ1) is 40.5. The van der Waals surface area contributed by atoms with Gasteiger partial charge < -0.3 is 14.2 Å². The van der Waals surface area contributed by atoms with Crippen LogP contribution in [0.5, 0.6) is 0 Å². The van der Waals surface area contributed by atoms with Gasteiger partial charge in [0.1, 0.15) is 13.2 Å². The monoisotopic (exact) mass is 1140 g/mol. The molecule has 0 heterocycles. The van der Waals surface area contributed by atoms with E-state index in [-0.39, 0.29) is 31.1 Å². The fourth-order valence-corrected chi connectivity index (χ4v) is 10.3. The summed E-state index contributed by atoms with van der Waals surface area (Å²) >= 11 is 0. The zero-order chi connectivity index (χ0) is 59.2. The number of hydrogen-bond acceptors (Lipinski definition) is 6. The highest BCUT2D eigenvalue weighted by Crippen LogP contribution is 2.18. The van der Waals surface area contributed by atoms with E-state index in [1.165, 1.54) is 225 Å². The van der Waals surface area contributed by atoms with Gasteiger partial charge in [-0.25, -0.2) is 0 Å². The summed E-state index contributed by atoms with van der Waals surface area (Å²) in [5.41, 5.74) is 0. The number of ether oxygens (including phenoxy) is 3. The number of carbonyl (C=O) groups is 3. The molecule has 0 saturated heterocycles. The molecule has 82 heavy (non-hydrogen) atoms. The minimum Gasteiger partial charge on any atom is -0.462 e. The van der Waals surface area contributed by atoms with E-state index in [9.17, 15) is 14.4 Å². The van der Waals surface area contributed by atoms with Crippen LogP contribution in [0.15, 0.2) is 85.1 Å². The van der Waals surface area contributed by atoms with Crippen LogP contribution in [0.2, 0.25) is 0 Å². The van der Waals surface area contributed by atoms with Gasteiger partial charge in [0.05, 0.1) is 0 Å². The third-order valence-electron chi connectivity index (χ3n) is 15.6. The molecule has 1 atom stereocenters. The van der Waals surface area contributed by atoms with Crippen molar-refractivity contribution in [2.45, 2.75) is 367 Å². The third kappa shape index (κ3) is 67.4. The Morgan fingerprint density at radius 3 is 0.756 bits per heavy atom. The Hall–Kier alpha value is -3.41. The summed E-state index contributed by atoms with van der Waals surface area (Å²) in [5, 5.41) is 0. The Bertz CT molecular complexity index is 1550. The highest BCUT2D eigenvalue weighted by atomic mass is 16.6. The minimum absolute atomic E-state index is 0.0715. The van der Waals surface area contributed by atoms with Crippen molar-refractivity contribution >= 4 is 17.9 Å². The maximum atomic E-state index is 12.9. The smallest absolute Gasteiger partial charge is 0.306 e. The van der Waals surface area contributed by atoms with Gasteiger partial charge in [0, 0.05) is 19.3 Å². The summed E-state index contributed by atoms with van der Waals surface area (Å²) in [4.78, 5) is 38.4. The van der Waals surface area contributed by atoms with Crippen LogP contribution >= 0.6 is 0 Å². The van der Waals surface area contributed by atoms with Gasteiger partial charge in [0.15, 0.2) is 6.10 Å². The van der Waals surface area contributed by atoms with E-state index in [2.05, 4.69) is 106 Å². The maximum absolute atomic E-state index is 12.9. The van der Waals surface area contributed by atoms with Gasteiger partial charge in [0.25, 0.3) is 0 Å². The molecule has 474 valence electrons. The molecule has 6 nitrogen and oxygen atoms in total. The Labute approximate surface area is 509 Å². The fourth-order valence-electron chi connectivity index (χ4n) is 10.3. The van der Waals surface area contributed by atoms with Crippen molar-refractivity contribution < 1.29 is 28.6 Å². The van der Waals surface area contributed by atoms with Crippen molar-refractivity contribution in [3.05, 3.63) is 85.1 Å². The summed E-state index contributed by atoms with van der Waals surface area (Å²) < 4.78 is 17.0. The van der Waals surface area contributed by atoms with Gasteiger partial charge in [-0.2, -0.15) is 0 Å². The zero-order valence-corrected chi connectivity index (χ0v) is 54.5. The first kappa shape index (κ1) is 78.6. The molecule has 0 aromatic rings. The number of carbonyl (C=O) groups excluding carboxylic acids is 3. The van der Waals surface area contributed by atoms with Gasteiger partial charge in [-0.05, 0) is 96.3 Å². The van der Waals surface area contributed by atoms with Crippen LogP contribution in [0.3, 0.4) is 0 Å². The van der Waals surface area contributed by atoms with Crippen molar-refractivity contribution in [2.75, 3.05) is 13.2 Å². The van der Waals surface area contributed by atoms with Crippen molar-refractivity contribution in [3.8, 4) is 0 Å². The van der Waals surface area contributed by atoms with Crippen LogP contribution in [-0.2, 0) is 28.6 Å². The van der Waals surface area contributed by atoms with Crippen molar-refractivity contribution in [3.63, 3.8) is 0 Å². The Morgan fingerprint density at radius 2 is 0.476 bits per heavy atom. The maximum Gasteiger partial charge on any atom is 0.306 e. The molecule has 0 rings (SSSR count). The van der Waals surface area contributed by atoms with Gasteiger partial charge in [-0.15, -0.1) is 0 Å². The predicted molar refractivity (Wildman–Crippen MR) is 358 cm³/mol. The lowest BCUT2D eigenvalue weighted by molar-refractivity contribution is -0.167. The number of esters is 3. The van der Waals surface area contributed by atoms with Crippen LogP contribution in [0.1, 0.15) is 361 Å². The van der Waals surface area contributed by atoms with Crippen LogP contribution in [-0.4, -0.2) is 37.2 Å². The molecule has 0 radical (unpaired) electrons. The Balaban J connectivity index is 4.18. The molecule has 0 aromatic carbocycles. The first-order valence-electron chi connectivity index (χ1n) is 35.6. The normalized spacial score (nSPS) is 12.6. The topological polar surface area (TPSA) is 78.9 Å². The minimum atomic E-state index is -0.775. The standard InChI is InChI=1S/C76H134O6/c1-4-7-10-13-16-19-22-25-27-29-31-32-33-34-35-36-37-38-39-40-41-42-43-44-46-47-49-51-54-57-60-63-66-69-75(78)81-72-73(71-80-74(77)68-65-62-59-56-53-24-21-18-15-12-9-6-3)82-76(79)70-67-64-61-58-55-52-50-48-45-30-28-26-23-20-17-14-11-8-5-2/h7,10,16,19,25-28,31-32,34-35,37-38,73H,4-6,8-9,11-15,17-18,20-24,29-30,33,36,39-72H2,1-3H3/b10-7-,19-16-,27-25-,28-26-,32-31-,35-34-,38-37-. The van der Waals surface area contributed by atoms with Crippen LogP contribution in [0.25, 0.3) is 0 Å². The molecule has 0 N–H and O–H groups in total. The molecule has 1 unspecified atom stereocenters. The van der Waals surface area contributed by atoms with E-state index < -0.39 is 6.10 Å². The van der Waals surface area contributed by atoms with Crippen LogP contribution < -0.4 is 0 Å². The number of rotatable bonds is 65. The van der Waals surface area contributed by atoms with E-state index in [1.807, 2.05) is 0 Å². The molecule has 0 spiro atoms. The summed E-state index contributed by atoms with van der Waals surface area (Å²) in [5.74, 6) is -0.854. The van der Waals surface area contributed by atoms with Crippen LogP contribution in [0.4, 0.5) is 0 Å². The largest absolute Gasteiger partial charge is 0.462 e. The summed E-state index contributed by atoms with van der Waals surface area (Å²) in [7, 11) is 0. The molecular formula is C76H134O6. The molecule has 0 aliphatic rings. The number of hydrogen-bond donors (Lipinski definition) is 0. The van der Waals surface area contributed by atoms with Crippen molar-refractivity contribution in [1.82, 2.24) is 0 Å². The van der Waals surface area contributed by atoms with E-state index >= 15 is 0 Å². The molecule has 0 bridgehead atoms. The van der Waals surface area contributed by atoms with Crippen LogP contribution in [0, 0.1) is 0 Å². The number of unbranched alkanes of at least 4 members (excludes halogenated alkanes) is 40. The lowest BCUT2D eigenvalue weighted by Crippen LogP contribution is -2.30. The summed E-state index contributed by atoms with van der Waals surface area (Å²) in [6, 6.07) is 0. The van der Waals surface area contributed by atoms with Gasteiger partial charge in [-0.3, -0.25) is 14.4 Å². The molecule has 0 aliphatic heterocycles. The van der Waals surface area contributed by atoms with E-state index in [4.69, 9.17) is 14.2 Å². The average Bonchev–Trinajstić information content (AvgIpc) is 3.47. The van der Waals surface area contributed by atoms with E-state index in [1.54, 1.807) is 0 Å². The second kappa shape index (κ2) is 70.1. The fraction of sp³-hybridized carbons (Fsp3) is 0.776. The average molecular weight is 1140 g/mol. The summed E-state index contributed by atoms with van der Waals surface area (Å²) in [6.07, 6.45) is 93.3. The Morgan fingerprint density at radius 1 is 0.256 bits per heavy atom. The summed E-state index contributed by atoms with van der Waals surface area (Å²) in [6.45, 7) is 6.56. The molecular weight excluding hydrogens is 1010 g/mol. The van der Waals surface area contributed by atoms with Crippen molar-refractivity contribution in [2.24, 2.45) is 0 Å². The van der Waals surface area contributed by atoms with Crippen molar-refractivity contribution in [1.29, 1.82) is 0 Å². The number of allylic oxidation sites excluding steroid dienone is 14. The second-order valence-corrected chi connectivity index (χ2v) is 23.8. The molecule has 0 amide bonds. The highest BCUT2D eigenvalue weighted by Gasteiger charge is 2.19. The SMILES string of the molecule is CC/C=C\C/C=C\C/C=C\C/C=C\C/C=C\C/C=C\CCCCCCCCCCCCCCCCC(=O)OCC(COC(=O)CCCCCCCCCCCCCC)OC(=O)CCCCCCCCCCC/C=C\CCCCCCCC. The zero-order valence-electron chi connectivity index (χ0n) is 54.5. The first-order valence-corrected chi connectivity index (χ1v) is 35.6. The van der Waals surface area contributed by atoms with Gasteiger partial charge in [-0.1, -0.05) is 331 Å². The predicted octanol–water partition coefficient (Wildman–Crippen LogP) is 24.6. The lowest BCUT2D eigenvalue weighted by atomic mass is 10.0. The van der Waals surface area contributed by atoms with Gasteiger partial charge >= 0.3 is 17.9 Å². The van der Waals surface area contributed by atoms with Gasteiger partial charge in [0.2, 0.25) is 0 Å². The molecule has 0 saturated carbocycles. The molecule has 0 aromatic heterocycles. The Kier molecular flexibility index (Phi) is 67.2. The van der Waals surface area contributed by atoms with E-state index in [0.29, 0.717) is 19.3 Å². The highest BCUT2D eigenvalue weighted by molar-refractivity contribution is 5.71. The molecule has 0 fully saturated rings.